The van der Waals surface area contributed by atoms with Crippen molar-refractivity contribution in [1.29, 1.82) is 0 Å². The third kappa shape index (κ3) is 4.25. The number of benzene rings is 2. The molecule has 0 fully saturated rings. The van der Waals surface area contributed by atoms with Crippen LogP contribution >= 0.6 is 0 Å². The summed E-state index contributed by atoms with van der Waals surface area (Å²) in [5.41, 5.74) is 2.93. The summed E-state index contributed by atoms with van der Waals surface area (Å²) >= 11 is 0. The van der Waals surface area contributed by atoms with Crippen molar-refractivity contribution >= 4 is 11.6 Å². The summed E-state index contributed by atoms with van der Waals surface area (Å²) in [6, 6.07) is 13.2. The van der Waals surface area contributed by atoms with Gasteiger partial charge in [0.1, 0.15) is 11.5 Å². The SMILES string of the molecule is CC[C@H](Oc1ccc(OC)cc1)C(=O)Nc1c(C)cccc1C. The van der Waals surface area contributed by atoms with Crippen LogP contribution in [0.15, 0.2) is 42.5 Å². The summed E-state index contributed by atoms with van der Waals surface area (Å²) in [6.45, 7) is 5.89. The molecular weight excluding hydrogens is 290 g/mol. The molecule has 0 saturated heterocycles. The van der Waals surface area contributed by atoms with Crippen LogP contribution in [0.1, 0.15) is 24.5 Å². The van der Waals surface area contributed by atoms with Crippen LogP contribution < -0.4 is 14.8 Å². The van der Waals surface area contributed by atoms with Crippen molar-refractivity contribution in [1.82, 2.24) is 0 Å². The Bertz CT molecular complexity index is 645. The maximum Gasteiger partial charge on any atom is 0.265 e. The van der Waals surface area contributed by atoms with Crippen molar-refractivity contribution in [3.63, 3.8) is 0 Å². The maximum atomic E-state index is 12.5. The minimum Gasteiger partial charge on any atom is -0.497 e. The minimum atomic E-state index is -0.539. The van der Waals surface area contributed by atoms with E-state index in [0.717, 1.165) is 22.6 Å². The van der Waals surface area contributed by atoms with Gasteiger partial charge in [-0.05, 0) is 55.7 Å². The molecule has 1 amide bonds. The van der Waals surface area contributed by atoms with E-state index >= 15 is 0 Å². The number of amides is 1. The third-order valence-electron chi connectivity index (χ3n) is 3.73. The first-order valence-electron chi connectivity index (χ1n) is 7.73. The quantitative estimate of drug-likeness (QED) is 0.873. The fourth-order valence-electron chi connectivity index (χ4n) is 2.36. The molecule has 23 heavy (non-hydrogen) atoms. The Morgan fingerprint density at radius 3 is 2.13 bits per heavy atom. The molecule has 2 aromatic rings. The summed E-state index contributed by atoms with van der Waals surface area (Å²) in [7, 11) is 1.61. The largest absolute Gasteiger partial charge is 0.497 e. The van der Waals surface area contributed by atoms with E-state index in [2.05, 4.69) is 5.32 Å². The molecule has 0 bridgehead atoms. The summed E-state index contributed by atoms with van der Waals surface area (Å²) in [6.07, 6.45) is 0.0467. The molecule has 0 heterocycles. The van der Waals surface area contributed by atoms with Gasteiger partial charge in [-0.1, -0.05) is 25.1 Å². The lowest BCUT2D eigenvalue weighted by atomic mass is 10.1. The Kier molecular flexibility index (Phi) is 5.63. The van der Waals surface area contributed by atoms with Crippen LogP contribution in [0.4, 0.5) is 5.69 Å². The molecule has 0 aliphatic carbocycles. The number of para-hydroxylation sites is 1. The van der Waals surface area contributed by atoms with Crippen LogP contribution in [0.3, 0.4) is 0 Å². The zero-order valence-corrected chi connectivity index (χ0v) is 14.1. The number of carbonyl (C=O) groups is 1. The molecule has 0 spiro atoms. The maximum absolute atomic E-state index is 12.5. The molecule has 1 N–H and O–H groups in total. The molecule has 0 unspecified atom stereocenters. The molecule has 0 aliphatic rings. The van der Waals surface area contributed by atoms with Gasteiger partial charge in [0.15, 0.2) is 6.10 Å². The van der Waals surface area contributed by atoms with Gasteiger partial charge in [-0.2, -0.15) is 0 Å². The van der Waals surface area contributed by atoms with Crippen molar-refractivity contribution in [2.45, 2.75) is 33.3 Å². The molecule has 0 aliphatic heterocycles. The minimum absolute atomic E-state index is 0.138. The zero-order chi connectivity index (χ0) is 16.8. The number of methoxy groups -OCH3 is 1. The molecule has 0 saturated carbocycles. The Morgan fingerprint density at radius 2 is 1.61 bits per heavy atom. The number of nitrogens with one attached hydrogen (secondary N) is 1. The van der Waals surface area contributed by atoms with Gasteiger partial charge in [-0.3, -0.25) is 4.79 Å². The van der Waals surface area contributed by atoms with Crippen LogP contribution in [0.2, 0.25) is 0 Å². The molecule has 2 rings (SSSR count). The number of ether oxygens (including phenoxy) is 2. The fourth-order valence-corrected chi connectivity index (χ4v) is 2.36. The van der Waals surface area contributed by atoms with Crippen LogP contribution in [0.5, 0.6) is 11.5 Å². The van der Waals surface area contributed by atoms with Crippen LogP contribution in [0.25, 0.3) is 0 Å². The number of hydrogen-bond acceptors (Lipinski definition) is 3. The lowest BCUT2D eigenvalue weighted by molar-refractivity contribution is -0.122. The summed E-state index contributed by atoms with van der Waals surface area (Å²) in [5, 5.41) is 2.98. The first-order chi connectivity index (χ1) is 11.0. The fraction of sp³-hybridized carbons (Fsp3) is 0.316. The van der Waals surface area contributed by atoms with Gasteiger partial charge in [0.2, 0.25) is 0 Å². The van der Waals surface area contributed by atoms with E-state index in [1.807, 2.05) is 51.1 Å². The highest BCUT2D eigenvalue weighted by Crippen LogP contribution is 2.22. The van der Waals surface area contributed by atoms with Gasteiger partial charge in [-0.15, -0.1) is 0 Å². The second kappa shape index (κ2) is 7.68. The van der Waals surface area contributed by atoms with Gasteiger partial charge >= 0.3 is 0 Å². The first kappa shape index (κ1) is 16.9. The van der Waals surface area contributed by atoms with Gasteiger partial charge in [-0.25, -0.2) is 0 Å². The molecule has 0 radical (unpaired) electrons. The van der Waals surface area contributed by atoms with E-state index in [-0.39, 0.29) is 5.91 Å². The van der Waals surface area contributed by atoms with Gasteiger partial charge in [0.25, 0.3) is 5.91 Å². The molecule has 4 nitrogen and oxygen atoms in total. The van der Waals surface area contributed by atoms with Crippen molar-refractivity contribution in [3.05, 3.63) is 53.6 Å². The number of aryl methyl sites for hydroxylation is 2. The molecule has 122 valence electrons. The van der Waals surface area contributed by atoms with Crippen molar-refractivity contribution in [2.24, 2.45) is 0 Å². The average Bonchev–Trinajstić information content (AvgIpc) is 2.56. The number of hydrogen-bond donors (Lipinski definition) is 1. The lowest BCUT2D eigenvalue weighted by Crippen LogP contribution is -2.32. The monoisotopic (exact) mass is 313 g/mol. The van der Waals surface area contributed by atoms with E-state index in [9.17, 15) is 4.79 Å². The second-order valence-electron chi connectivity index (χ2n) is 5.45. The average molecular weight is 313 g/mol. The van der Waals surface area contributed by atoms with Gasteiger partial charge < -0.3 is 14.8 Å². The van der Waals surface area contributed by atoms with E-state index < -0.39 is 6.10 Å². The normalized spacial score (nSPS) is 11.7. The second-order valence-corrected chi connectivity index (χ2v) is 5.45. The molecule has 2 aromatic carbocycles. The summed E-state index contributed by atoms with van der Waals surface area (Å²) in [5.74, 6) is 1.26. The van der Waals surface area contributed by atoms with Gasteiger partial charge in [0.05, 0.1) is 7.11 Å². The molecule has 0 aromatic heterocycles. The Balaban J connectivity index is 2.09. The number of anilines is 1. The summed E-state index contributed by atoms with van der Waals surface area (Å²) < 4.78 is 10.9. The van der Waals surface area contributed by atoms with Crippen LogP contribution in [-0.4, -0.2) is 19.1 Å². The van der Waals surface area contributed by atoms with E-state index in [0.29, 0.717) is 12.2 Å². The number of rotatable bonds is 6. The van der Waals surface area contributed by atoms with Crippen LogP contribution in [-0.2, 0) is 4.79 Å². The highest BCUT2D eigenvalue weighted by atomic mass is 16.5. The van der Waals surface area contributed by atoms with Crippen LogP contribution in [0, 0.1) is 13.8 Å². The van der Waals surface area contributed by atoms with Crippen molar-refractivity contribution in [3.8, 4) is 11.5 Å². The Hall–Kier alpha value is -2.49. The summed E-state index contributed by atoms with van der Waals surface area (Å²) in [4.78, 5) is 12.5. The smallest absolute Gasteiger partial charge is 0.265 e. The van der Waals surface area contributed by atoms with E-state index in [1.54, 1.807) is 19.2 Å². The predicted molar refractivity (Wildman–Crippen MR) is 92.2 cm³/mol. The number of carbonyl (C=O) groups excluding carboxylic acids is 1. The highest BCUT2D eigenvalue weighted by molar-refractivity contribution is 5.95. The van der Waals surface area contributed by atoms with E-state index in [4.69, 9.17) is 9.47 Å². The third-order valence-corrected chi connectivity index (χ3v) is 3.73. The predicted octanol–water partition coefficient (Wildman–Crippen LogP) is 4.11. The zero-order valence-electron chi connectivity index (χ0n) is 14.1. The molecule has 1 atom stereocenters. The van der Waals surface area contributed by atoms with Crippen molar-refractivity contribution in [2.75, 3.05) is 12.4 Å². The van der Waals surface area contributed by atoms with E-state index in [1.165, 1.54) is 0 Å². The standard InChI is InChI=1S/C19H23NO3/c1-5-17(23-16-11-9-15(22-4)10-12-16)19(21)20-18-13(2)7-6-8-14(18)3/h6-12,17H,5H2,1-4H3,(H,20,21)/t17-/m0/s1. The molecular formula is C19H23NO3. The van der Waals surface area contributed by atoms with Gasteiger partial charge in [0, 0.05) is 5.69 Å². The molecule has 4 heteroatoms. The Labute approximate surface area is 137 Å². The topological polar surface area (TPSA) is 47.6 Å². The highest BCUT2D eigenvalue weighted by Gasteiger charge is 2.19. The first-order valence-corrected chi connectivity index (χ1v) is 7.73. The Morgan fingerprint density at radius 1 is 1.04 bits per heavy atom. The van der Waals surface area contributed by atoms with Crippen molar-refractivity contribution < 1.29 is 14.3 Å². The lowest BCUT2D eigenvalue weighted by Gasteiger charge is -2.19.